The molecule has 0 bridgehead atoms. The first-order chi connectivity index (χ1) is 7.13. The van der Waals surface area contributed by atoms with Crippen molar-refractivity contribution >= 4 is 5.97 Å². The summed E-state index contributed by atoms with van der Waals surface area (Å²) in [5.74, 6) is -0.803. The first-order valence-electron chi connectivity index (χ1n) is 5.66. The number of carbonyl (C=O) groups is 1. The minimum absolute atomic E-state index is 0.492. The molecule has 0 aliphatic heterocycles. The Hall–Kier alpha value is -1.05. The second kappa shape index (κ2) is 8.27. The lowest BCUT2D eigenvalue weighted by Crippen LogP contribution is -2.01. The second-order valence-corrected chi connectivity index (χ2v) is 3.84. The molecule has 0 heterocycles. The van der Waals surface area contributed by atoms with Crippen molar-refractivity contribution in [2.75, 3.05) is 0 Å². The highest BCUT2D eigenvalue weighted by Gasteiger charge is 2.07. The van der Waals surface area contributed by atoms with Gasteiger partial charge in [-0.3, -0.25) is 0 Å². The largest absolute Gasteiger partial charge is 0.478 e. The van der Waals surface area contributed by atoms with E-state index in [0.29, 0.717) is 12.0 Å². The fraction of sp³-hybridized carbons (Fsp3) is 0.615. The molecule has 0 spiro atoms. The van der Waals surface area contributed by atoms with Gasteiger partial charge in [-0.25, -0.2) is 4.79 Å². The van der Waals surface area contributed by atoms with Gasteiger partial charge in [0.2, 0.25) is 0 Å². The molecule has 0 saturated carbocycles. The van der Waals surface area contributed by atoms with Crippen LogP contribution in [-0.4, -0.2) is 11.1 Å². The van der Waals surface area contributed by atoms with E-state index in [0.717, 1.165) is 18.4 Å². The number of carboxylic acids is 1. The lowest BCUT2D eigenvalue weighted by atomic mass is 9.99. The Morgan fingerprint density at radius 3 is 2.47 bits per heavy atom. The summed E-state index contributed by atoms with van der Waals surface area (Å²) in [6.45, 7) is 7.51. The first kappa shape index (κ1) is 13.9. The molecule has 0 unspecified atom stereocenters. The maximum absolute atomic E-state index is 10.8. The molecule has 0 amide bonds. The van der Waals surface area contributed by atoms with Gasteiger partial charge in [-0.1, -0.05) is 37.8 Å². The van der Waals surface area contributed by atoms with Crippen LogP contribution in [0.1, 0.15) is 52.4 Å². The van der Waals surface area contributed by atoms with Gasteiger partial charge in [0.25, 0.3) is 0 Å². The highest BCUT2D eigenvalue weighted by molar-refractivity contribution is 5.86. The number of allylic oxidation sites excluding steroid dienone is 2. The molecule has 0 saturated heterocycles. The summed E-state index contributed by atoms with van der Waals surface area (Å²) in [6, 6.07) is 0. The minimum atomic E-state index is -0.803. The van der Waals surface area contributed by atoms with E-state index in [1.165, 1.54) is 19.3 Å². The smallest absolute Gasteiger partial charge is 0.331 e. The Labute approximate surface area is 92.7 Å². The van der Waals surface area contributed by atoms with Crippen LogP contribution in [0.15, 0.2) is 23.8 Å². The first-order valence-corrected chi connectivity index (χ1v) is 5.66. The summed E-state index contributed by atoms with van der Waals surface area (Å²) in [7, 11) is 0. The van der Waals surface area contributed by atoms with Crippen LogP contribution in [0.5, 0.6) is 0 Å². The molecule has 0 aromatic rings. The third kappa shape index (κ3) is 6.10. The standard InChI is InChI=1S/C13H22O2/c1-4-6-7-8-10-12(9-5-2)11(3)13(14)15/h5H,2,4,6-10H2,1,3H3,(H,14,15). The molecule has 0 atom stereocenters. The molecule has 0 aromatic carbocycles. The van der Waals surface area contributed by atoms with Crippen LogP contribution in [0, 0.1) is 0 Å². The highest BCUT2D eigenvalue weighted by atomic mass is 16.4. The van der Waals surface area contributed by atoms with Gasteiger partial charge < -0.3 is 5.11 Å². The number of rotatable bonds is 8. The van der Waals surface area contributed by atoms with E-state index < -0.39 is 5.97 Å². The van der Waals surface area contributed by atoms with Crippen molar-refractivity contribution in [3.05, 3.63) is 23.8 Å². The zero-order valence-electron chi connectivity index (χ0n) is 9.88. The highest BCUT2D eigenvalue weighted by Crippen LogP contribution is 2.18. The van der Waals surface area contributed by atoms with Crippen molar-refractivity contribution in [1.29, 1.82) is 0 Å². The molecule has 0 aromatic heterocycles. The maximum atomic E-state index is 10.8. The molecule has 0 aliphatic carbocycles. The lowest BCUT2D eigenvalue weighted by molar-refractivity contribution is -0.132. The van der Waals surface area contributed by atoms with Gasteiger partial charge in [0.1, 0.15) is 0 Å². The van der Waals surface area contributed by atoms with Crippen LogP contribution in [0.25, 0.3) is 0 Å². The van der Waals surface area contributed by atoms with E-state index in [-0.39, 0.29) is 0 Å². The van der Waals surface area contributed by atoms with Gasteiger partial charge in [0.05, 0.1) is 0 Å². The molecule has 86 valence electrons. The molecule has 0 radical (unpaired) electrons. The molecule has 15 heavy (non-hydrogen) atoms. The lowest BCUT2D eigenvalue weighted by Gasteiger charge is -2.07. The summed E-state index contributed by atoms with van der Waals surface area (Å²) in [5, 5.41) is 8.89. The van der Waals surface area contributed by atoms with Crippen LogP contribution < -0.4 is 0 Å². The summed E-state index contributed by atoms with van der Waals surface area (Å²) in [4.78, 5) is 10.8. The summed E-state index contributed by atoms with van der Waals surface area (Å²) in [5.41, 5.74) is 1.51. The van der Waals surface area contributed by atoms with E-state index in [9.17, 15) is 4.79 Å². The quantitative estimate of drug-likeness (QED) is 0.374. The molecule has 0 fully saturated rings. The predicted molar refractivity (Wildman–Crippen MR) is 63.9 cm³/mol. The Morgan fingerprint density at radius 1 is 1.33 bits per heavy atom. The Morgan fingerprint density at radius 2 is 2.00 bits per heavy atom. The minimum Gasteiger partial charge on any atom is -0.478 e. The van der Waals surface area contributed by atoms with E-state index >= 15 is 0 Å². The van der Waals surface area contributed by atoms with Crippen molar-refractivity contribution in [3.63, 3.8) is 0 Å². The van der Waals surface area contributed by atoms with Crippen molar-refractivity contribution in [3.8, 4) is 0 Å². The molecule has 0 aliphatic rings. The van der Waals surface area contributed by atoms with Crippen LogP contribution in [-0.2, 0) is 4.79 Å². The number of carboxylic acid groups (broad SMARTS) is 1. The van der Waals surface area contributed by atoms with Crippen molar-refractivity contribution in [2.24, 2.45) is 0 Å². The average Bonchev–Trinajstić information content (AvgIpc) is 2.21. The van der Waals surface area contributed by atoms with E-state index in [2.05, 4.69) is 13.5 Å². The summed E-state index contributed by atoms with van der Waals surface area (Å²) < 4.78 is 0. The topological polar surface area (TPSA) is 37.3 Å². The fourth-order valence-electron chi connectivity index (χ4n) is 1.53. The summed E-state index contributed by atoms with van der Waals surface area (Å²) >= 11 is 0. The van der Waals surface area contributed by atoms with E-state index in [1.807, 2.05) is 0 Å². The fourth-order valence-corrected chi connectivity index (χ4v) is 1.53. The molecular formula is C13H22O2. The summed E-state index contributed by atoms with van der Waals surface area (Å²) in [6.07, 6.45) is 8.08. The van der Waals surface area contributed by atoms with Gasteiger partial charge in [0.15, 0.2) is 0 Å². The third-order valence-corrected chi connectivity index (χ3v) is 2.57. The molecular weight excluding hydrogens is 188 g/mol. The van der Waals surface area contributed by atoms with Crippen molar-refractivity contribution in [2.45, 2.75) is 52.4 Å². The normalized spacial score (nSPS) is 12.1. The van der Waals surface area contributed by atoms with Crippen LogP contribution in [0.2, 0.25) is 0 Å². The van der Waals surface area contributed by atoms with Gasteiger partial charge >= 0.3 is 5.97 Å². The second-order valence-electron chi connectivity index (χ2n) is 3.84. The van der Waals surface area contributed by atoms with E-state index in [1.54, 1.807) is 13.0 Å². The maximum Gasteiger partial charge on any atom is 0.331 e. The van der Waals surface area contributed by atoms with Gasteiger partial charge in [-0.2, -0.15) is 0 Å². The van der Waals surface area contributed by atoms with Crippen LogP contribution in [0.4, 0.5) is 0 Å². The van der Waals surface area contributed by atoms with Crippen molar-refractivity contribution in [1.82, 2.24) is 0 Å². The Balaban J connectivity index is 4.21. The number of unbranched alkanes of at least 4 members (excludes halogenated alkanes) is 3. The number of hydrogen-bond donors (Lipinski definition) is 1. The Bertz CT molecular complexity index is 239. The Kier molecular flexibility index (Phi) is 7.69. The average molecular weight is 210 g/mol. The van der Waals surface area contributed by atoms with E-state index in [4.69, 9.17) is 5.11 Å². The molecule has 2 heteroatoms. The predicted octanol–water partition coefficient (Wildman–Crippen LogP) is 3.93. The number of aliphatic carboxylic acids is 1. The van der Waals surface area contributed by atoms with Crippen LogP contribution >= 0.6 is 0 Å². The third-order valence-electron chi connectivity index (χ3n) is 2.57. The monoisotopic (exact) mass is 210 g/mol. The van der Waals surface area contributed by atoms with Gasteiger partial charge in [-0.05, 0) is 26.2 Å². The SMILES string of the molecule is C=CCC(CCCCCC)=C(C)C(=O)O. The van der Waals surface area contributed by atoms with Crippen molar-refractivity contribution < 1.29 is 9.90 Å². The number of hydrogen-bond acceptors (Lipinski definition) is 1. The zero-order chi connectivity index (χ0) is 11.7. The van der Waals surface area contributed by atoms with Crippen LogP contribution in [0.3, 0.4) is 0 Å². The molecule has 2 nitrogen and oxygen atoms in total. The zero-order valence-corrected chi connectivity index (χ0v) is 9.88. The molecule has 0 rings (SSSR count). The van der Waals surface area contributed by atoms with Gasteiger partial charge in [0, 0.05) is 5.57 Å². The molecule has 1 N–H and O–H groups in total. The van der Waals surface area contributed by atoms with Gasteiger partial charge in [-0.15, -0.1) is 6.58 Å².